The number of aromatic amines is 1. The van der Waals surface area contributed by atoms with E-state index in [-0.39, 0.29) is 38.5 Å². The highest BCUT2D eigenvalue weighted by molar-refractivity contribution is 7.71. The number of aryl methyl sites for hydroxylation is 1. The minimum absolute atomic E-state index is 0.0171. The second kappa shape index (κ2) is 6.97. The molecule has 2 heterocycles. The van der Waals surface area contributed by atoms with Gasteiger partial charge in [-0.1, -0.05) is 17.7 Å². The largest absolute Gasteiger partial charge is 0.465 e. The summed E-state index contributed by atoms with van der Waals surface area (Å²) in [5.74, 6) is -1.24. The minimum Gasteiger partial charge on any atom is -0.465 e. The van der Waals surface area contributed by atoms with Crippen LogP contribution in [0.4, 0.5) is 4.39 Å². The summed E-state index contributed by atoms with van der Waals surface area (Å²) < 4.78 is 20.0. The molecule has 0 aliphatic heterocycles. The number of benzene rings is 1. The van der Waals surface area contributed by atoms with Gasteiger partial charge in [0.15, 0.2) is 4.77 Å². The number of halogens is 2. The maximum Gasteiger partial charge on any atom is 0.338 e. The van der Waals surface area contributed by atoms with Crippen LogP contribution in [0, 0.1) is 17.5 Å². The fourth-order valence-corrected chi connectivity index (χ4v) is 3.10. The molecular weight excluding hydrogens is 381 g/mol. The monoisotopic (exact) mass is 393 g/mol. The summed E-state index contributed by atoms with van der Waals surface area (Å²) >= 11 is 11.3. The third-order valence-electron chi connectivity index (χ3n) is 3.86. The number of fused-ring (bicyclic) bond motifs is 1. The Labute approximate surface area is 157 Å². The average Bonchev–Trinajstić information content (AvgIpc) is 2.59. The van der Waals surface area contributed by atoms with Gasteiger partial charge in [-0.05, 0) is 37.3 Å². The maximum absolute atomic E-state index is 14.1. The normalized spacial score (nSPS) is 10.9. The van der Waals surface area contributed by atoms with Crippen LogP contribution in [-0.4, -0.2) is 27.6 Å². The molecule has 0 saturated carbocycles. The lowest BCUT2D eigenvalue weighted by Gasteiger charge is -2.12. The molecule has 6 nitrogen and oxygen atoms in total. The Morgan fingerprint density at radius 3 is 2.85 bits per heavy atom. The zero-order valence-electron chi connectivity index (χ0n) is 13.8. The lowest BCUT2D eigenvalue weighted by molar-refractivity contribution is 0.0602. The smallest absolute Gasteiger partial charge is 0.338 e. The highest BCUT2D eigenvalue weighted by Crippen LogP contribution is 2.20. The van der Waals surface area contributed by atoms with Gasteiger partial charge in [0, 0.05) is 16.3 Å². The van der Waals surface area contributed by atoms with E-state index in [1.165, 1.54) is 31.4 Å². The van der Waals surface area contributed by atoms with E-state index in [1.54, 1.807) is 6.92 Å². The van der Waals surface area contributed by atoms with Gasteiger partial charge in [-0.3, -0.25) is 9.36 Å². The number of H-pyrrole nitrogens is 1. The van der Waals surface area contributed by atoms with Crippen molar-refractivity contribution in [3.63, 3.8) is 0 Å². The first-order valence-electron chi connectivity index (χ1n) is 7.49. The molecule has 0 aliphatic carbocycles. The number of hydrogen-bond acceptors (Lipinski definition) is 5. The molecule has 0 spiro atoms. The van der Waals surface area contributed by atoms with Crippen molar-refractivity contribution in [2.24, 2.45) is 0 Å². The van der Waals surface area contributed by atoms with Crippen LogP contribution in [0.25, 0.3) is 11.0 Å². The zero-order chi connectivity index (χ0) is 19.0. The first kappa shape index (κ1) is 18.2. The number of nitrogens with one attached hydrogen (secondary N) is 1. The van der Waals surface area contributed by atoms with Crippen LogP contribution in [0.2, 0.25) is 5.02 Å². The minimum atomic E-state index is -0.682. The van der Waals surface area contributed by atoms with Crippen molar-refractivity contribution in [2.45, 2.75) is 13.5 Å². The highest BCUT2D eigenvalue weighted by Gasteiger charge is 2.19. The van der Waals surface area contributed by atoms with Crippen molar-refractivity contribution in [3.05, 3.63) is 67.1 Å². The van der Waals surface area contributed by atoms with Gasteiger partial charge in [-0.25, -0.2) is 14.2 Å². The lowest BCUT2D eigenvalue weighted by atomic mass is 10.1. The number of aromatic nitrogens is 3. The first-order valence-corrected chi connectivity index (χ1v) is 8.27. The van der Waals surface area contributed by atoms with Gasteiger partial charge in [-0.2, -0.15) is 0 Å². The quantitative estimate of drug-likeness (QED) is 0.545. The van der Waals surface area contributed by atoms with E-state index in [0.717, 1.165) is 4.57 Å². The van der Waals surface area contributed by atoms with Gasteiger partial charge < -0.3 is 9.72 Å². The third-order valence-corrected chi connectivity index (χ3v) is 4.54. The Morgan fingerprint density at radius 2 is 2.19 bits per heavy atom. The molecule has 0 amide bonds. The summed E-state index contributed by atoms with van der Waals surface area (Å²) in [7, 11) is 1.22. The molecule has 0 fully saturated rings. The molecule has 1 aromatic carbocycles. The summed E-state index contributed by atoms with van der Waals surface area (Å²) in [6.07, 6.45) is 0. The molecule has 3 aromatic rings. The number of rotatable bonds is 3. The molecule has 0 aliphatic rings. The van der Waals surface area contributed by atoms with Crippen LogP contribution >= 0.6 is 23.8 Å². The Bertz CT molecular complexity index is 1140. The molecule has 0 radical (unpaired) electrons. The van der Waals surface area contributed by atoms with Crippen molar-refractivity contribution in [1.29, 1.82) is 0 Å². The topological polar surface area (TPSA) is 77.0 Å². The number of methoxy groups -OCH3 is 1. The van der Waals surface area contributed by atoms with E-state index in [4.69, 9.17) is 28.6 Å². The van der Waals surface area contributed by atoms with Gasteiger partial charge in [0.1, 0.15) is 11.5 Å². The standard InChI is InChI=1S/C17H13ClFN3O3S/c1-8-6-9(16(24)25-2)13-14(20-8)21-17(26)22(15(13)23)7-10-11(18)4-3-5-12(10)19/h3-6H,7H2,1-2H3,(H,20,21,26). The summed E-state index contributed by atoms with van der Waals surface area (Å²) in [4.78, 5) is 32.1. The van der Waals surface area contributed by atoms with Crippen LogP contribution in [0.15, 0.2) is 29.1 Å². The molecule has 134 valence electrons. The predicted molar refractivity (Wildman–Crippen MR) is 97.8 cm³/mol. The van der Waals surface area contributed by atoms with E-state index in [2.05, 4.69) is 9.97 Å². The number of pyridine rings is 1. The van der Waals surface area contributed by atoms with Crippen molar-refractivity contribution < 1.29 is 13.9 Å². The zero-order valence-corrected chi connectivity index (χ0v) is 15.4. The molecule has 3 rings (SSSR count). The van der Waals surface area contributed by atoms with Gasteiger partial charge in [-0.15, -0.1) is 0 Å². The van der Waals surface area contributed by atoms with Gasteiger partial charge in [0.05, 0.1) is 24.6 Å². The molecule has 26 heavy (non-hydrogen) atoms. The summed E-state index contributed by atoms with van der Waals surface area (Å²) in [5, 5.41) is 0.185. The fraction of sp³-hybridized carbons (Fsp3) is 0.176. The third kappa shape index (κ3) is 3.13. The molecule has 0 unspecified atom stereocenters. The molecule has 0 saturated heterocycles. The number of ether oxygens (including phenoxy) is 1. The lowest BCUT2D eigenvalue weighted by Crippen LogP contribution is -2.25. The van der Waals surface area contributed by atoms with Crippen molar-refractivity contribution in [2.75, 3.05) is 7.11 Å². The Hall–Kier alpha value is -2.58. The number of nitrogens with zero attached hydrogens (tertiary/aromatic N) is 2. The van der Waals surface area contributed by atoms with Crippen molar-refractivity contribution >= 4 is 40.8 Å². The highest BCUT2D eigenvalue weighted by atomic mass is 35.5. The molecule has 0 atom stereocenters. The van der Waals surface area contributed by atoms with E-state index in [9.17, 15) is 14.0 Å². The SMILES string of the molecule is COC(=O)c1cc(C)nc2[nH]c(=S)n(Cc3c(F)cccc3Cl)c(=O)c12. The Morgan fingerprint density at radius 1 is 1.46 bits per heavy atom. The van der Waals surface area contributed by atoms with Crippen LogP contribution in [0.1, 0.15) is 21.6 Å². The molecule has 2 aromatic heterocycles. The molecule has 1 N–H and O–H groups in total. The predicted octanol–water partition coefficient (Wildman–Crippen LogP) is 3.39. The molecule has 0 bridgehead atoms. The Balaban J connectivity index is 2.31. The average molecular weight is 394 g/mol. The first-order chi connectivity index (χ1) is 12.3. The van der Waals surface area contributed by atoms with Crippen molar-refractivity contribution in [3.8, 4) is 0 Å². The maximum atomic E-state index is 14.1. The van der Waals surface area contributed by atoms with Crippen LogP contribution in [0.5, 0.6) is 0 Å². The van der Waals surface area contributed by atoms with E-state index in [1.807, 2.05) is 0 Å². The summed E-state index contributed by atoms with van der Waals surface area (Å²) in [5.41, 5.74) is 0.263. The van der Waals surface area contributed by atoms with E-state index < -0.39 is 17.3 Å². The van der Waals surface area contributed by atoms with Crippen LogP contribution in [0.3, 0.4) is 0 Å². The van der Waals surface area contributed by atoms with Gasteiger partial charge in [0.25, 0.3) is 5.56 Å². The number of esters is 1. The second-order valence-corrected chi connectivity index (χ2v) is 6.34. The number of hydrogen-bond donors (Lipinski definition) is 1. The number of carbonyl (C=O) groups is 1. The molecular formula is C17H13ClFN3O3S. The van der Waals surface area contributed by atoms with Crippen LogP contribution < -0.4 is 5.56 Å². The van der Waals surface area contributed by atoms with E-state index >= 15 is 0 Å². The Kier molecular flexibility index (Phi) is 4.88. The van der Waals surface area contributed by atoms with Crippen molar-refractivity contribution in [1.82, 2.24) is 14.5 Å². The van der Waals surface area contributed by atoms with Gasteiger partial charge in [0.2, 0.25) is 0 Å². The summed E-state index contributed by atoms with van der Waals surface area (Å²) in [6.45, 7) is 1.48. The number of carbonyl (C=O) groups excluding carboxylic acids is 1. The van der Waals surface area contributed by atoms with E-state index in [0.29, 0.717) is 5.69 Å². The fourth-order valence-electron chi connectivity index (χ4n) is 2.63. The van der Waals surface area contributed by atoms with Gasteiger partial charge >= 0.3 is 5.97 Å². The van der Waals surface area contributed by atoms with Crippen LogP contribution in [-0.2, 0) is 11.3 Å². The second-order valence-electron chi connectivity index (χ2n) is 5.55. The molecule has 9 heteroatoms. The summed E-state index contributed by atoms with van der Waals surface area (Å²) in [6, 6.07) is 5.68.